The van der Waals surface area contributed by atoms with Gasteiger partial charge in [0.1, 0.15) is 17.9 Å². The van der Waals surface area contributed by atoms with Crippen LogP contribution in [-0.2, 0) is 31.3 Å². The standard InChI is InChI=1S/C24H24N4O4/c1-12-8-9-15-20(13(12)2)26-23(32)24(15)19-18(16(27-24)10-17(25)29)21(30)28(22(19)31)11-14-6-4-3-5-7-14/h3-9,16,18-19,27H,10-11H2,1-2H3,(H2,25,29)(H,26,32)/p+1/t16-,18+,19-,24-/m0/s1. The Kier molecular flexibility index (Phi) is 4.46. The molecule has 3 aliphatic heterocycles. The number of imide groups is 1. The SMILES string of the molecule is Cc1ccc2c(c1C)NC(=O)[C@]21[NH2+][C@@H](CC(N)=O)[C@H]2C(=O)N(Cc3ccccc3)C(=O)[C@H]21. The molecule has 1 spiro atoms. The lowest BCUT2D eigenvalue weighted by Gasteiger charge is -2.26. The van der Waals surface area contributed by atoms with Gasteiger partial charge in [-0.2, -0.15) is 0 Å². The minimum Gasteiger partial charge on any atom is -0.369 e. The Balaban J connectivity index is 1.63. The van der Waals surface area contributed by atoms with Gasteiger partial charge in [-0.05, 0) is 36.6 Å². The molecule has 5 rings (SSSR count). The molecule has 2 aromatic carbocycles. The molecule has 164 valence electrons. The Bertz CT molecular complexity index is 1180. The highest BCUT2D eigenvalue weighted by Gasteiger charge is 2.74. The van der Waals surface area contributed by atoms with Gasteiger partial charge in [-0.15, -0.1) is 0 Å². The van der Waals surface area contributed by atoms with Crippen LogP contribution in [-0.4, -0.2) is 34.6 Å². The van der Waals surface area contributed by atoms with Crippen molar-refractivity contribution in [2.24, 2.45) is 17.6 Å². The van der Waals surface area contributed by atoms with Gasteiger partial charge in [-0.1, -0.05) is 36.4 Å². The summed E-state index contributed by atoms with van der Waals surface area (Å²) in [5.74, 6) is -3.32. The van der Waals surface area contributed by atoms with Gasteiger partial charge in [-0.25, -0.2) is 0 Å². The molecule has 0 bridgehead atoms. The molecule has 0 unspecified atom stereocenters. The van der Waals surface area contributed by atoms with Gasteiger partial charge in [0.15, 0.2) is 0 Å². The zero-order valence-corrected chi connectivity index (χ0v) is 17.9. The Morgan fingerprint density at radius 1 is 1.09 bits per heavy atom. The van der Waals surface area contributed by atoms with Crippen LogP contribution in [0, 0.1) is 25.7 Å². The number of carbonyl (C=O) groups is 4. The van der Waals surface area contributed by atoms with Crippen molar-refractivity contribution in [1.82, 2.24) is 4.90 Å². The summed E-state index contributed by atoms with van der Waals surface area (Å²) in [5, 5.41) is 4.69. The smallest absolute Gasteiger partial charge is 0.291 e. The van der Waals surface area contributed by atoms with Crippen LogP contribution in [0.4, 0.5) is 5.69 Å². The molecule has 4 amide bonds. The maximum Gasteiger partial charge on any atom is 0.291 e. The lowest BCUT2D eigenvalue weighted by molar-refractivity contribution is -0.732. The summed E-state index contributed by atoms with van der Waals surface area (Å²) in [6, 6.07) is 12.4. The monoisotopic (exact) mass is 433 g/mol. The Labute approximate surface area is 185 Å². The van der Waals surface area contributed by atoms with Gasteiger partial charge < -0.3 is 16.4 Å². The average Bonchev–Trinajstić information content (AvgIpc) is 3.32. The number of primary amides is 1. The molecule has 2 saturated heterocycles. The molecule has 3 heterocycles. The van der Waals surface area contributed by atoms with Crippen LogP contribution >= 0.6 is 0 Å². The molecule has 4 atom stereocenters. The van der Waals surface area contributed by atoms with E-state index in [0.29, 0.717) is 11.3 Å². The second kappa shape index (κ2) is 7.00. The average molecular weight is 433 g/mol. The van der Waals surface area contributed by atoms with E-state index in [1.165, 1.54) is 4.90 Å². The number of nitrogens with two attached hydrogens (primary N) is 2. The second-order valence-corrected chi connectivity index (χ2v) is 9.01. The number of amides is 4. The summed E-state index contributed by atoms with van der Waals surface area (Å²) >= 11 is 0. The van der Waals surface area contributed by atoms with Gasteiger partial charge in [0.05, 0.1) is 18.7 Å². The number of hydrogen-bond acceptors (Lipinski definition) is 4. The summed E-state index contributed by atoms with van der Waals surface area (Å²) in [4.78, 5) is 53.7. The highest BCUT2D eigenvalue weighted by atomic mass is 16.2. The number of nitrogens with zero attached hydrogens (tertiary/aromatic N) is 1. The summed E-state index contributed by atoms with van der Waals surface area (Å²) in [5.41, 5.74) is 8.33. The van der Waals surface area contributed by atoms with Crippen LogP contribution in [0.1, 0.15) is 28.7 Å². The lowest BCUT2D eigenvalue weighted by atomic mass is 9.76. The minimum atomic E-state index is -1.29. The predicted molar refractivity (Wildman–Crippen MR) is 115 cm³/mol. The molecule has 3 aliphatic rings. The predicted octanol–water partition coefficient (Wildman–Crippen LogP) is 0.0732. The van der Waals surface area contributed by atoms with Crippen molar-refractivity contribution in [3.8, 4) is 0 Å². The molecule has 32 heavy (non-hydrogen) atoms. The fraction of sp³-hybridized carbons (Fsp3) is 0.333. The van der Waals surface area contributed by atoms with Crippen LogP contribution in [0.3, 0.4) is 0 Å². The zero-order valence-electron chi connectivity index (χ0n) is 17.9. The van der Waals surface area contributed by atoms with Crippen molar-refractivity contribution < 1.29 is 24.5 Å². The van der Waals surface area contributed by atoms with Gasteiger partial charge in [0, 0.05) is 5.56 Å². The Morgan fingerprint density at radius 3 is 2.50 bits per heavy atom. The maximum absolute atomic E-state index is 13.7. The van der Waals surface area contributed by atoms with E-state index in [4.69, 9.17) is 5.73 Å². The fourth-order valence-corrected chi connectivity index (χ4v) is 5.68. The normalized spacial score (nSPS) is 28.2. The van der Waals surface area contributed by atoms with Crippen LogP contribution in [0.25, 0.3) is 0 Å². The summed E-state index contributed by atoms with van der Waals surface area (Å²) in [7, 11) is 0. The van der Waals surface area contributed by atoms with E-state index in [0.717, 1.165) is 16.7 Å². The number of carbonyl (C=O) groups excluding carboxylic acids is 4. The van der Waals surface area contributed by atoms with Crippen LogP contribution in [0.5, 0.6) is 0 Å². The molecule has 5 N–H and O–H groups in total. The quantitative estimate of drug-likeness (QED) is 0.590. The molecular formula is C24H25N4O4+. The van der Waals surface area contributed by atoms with E-state index in [1.807, 2.05) is 56.3 Å². The summed E-state index contributed by atoms with van der Waals surface area (Å²) < 4.78 is 0. The first kappa shape index (κ1) is 20.4. The molecule has 8 heteroatoms. The van der Waals surface area contributed by atoms with Gasteiger partial charge in [0.2, 0.25) is 23.3 Å². The van der Waals surface area contributed by atoms with E-state index in [1.54, 1.807) is 5.32 Å². The third-order valence-corrected chi connectivity index (χ3v) is 7.29. The minimum absolute atomic E-state index is 0.0887. The lowest BCUT2D eigenvalue weighted by Crippen LogP contribution is -2.99. The highest BCUT2D eigenvalue weighted by Crippen LogP contribution is 2.50. The molecule has 2 fully saturated rings. The number of likely N-dealkylation sites (tertiary alicyclic amines) is 1. The van der Waals surface area contributed by atoms with Crippen LogP contribution in [0.15, 0.2) is 42.5 Å². The van der Waals surface area contributed by atoms with Crippen molar-refractivity contribution in [2.45, 2.75) is 38.4 Å². The second-order valence-electron chi connectivity index (χ2n) is 9.01. The van der Waals surface area contributed by atoms with Crippen molar-refractivity contribution >= 4 is 29.3 Å². The molecule has 0 radical (unpaired) electrons. The third kappa shape index (κ3) is 2.65. The first-order valence-corrected chi connectivity index (χ1v) is 10.7. The Morgan fingerprint density at radius 2 is 1.81 bits per heavy atom. The van der Waals surface area contributed by atoms with Gasteiger partial charge in [0.25, 0.3) is 5.91 Å². The number of anilines is 1. The van der Waals surface area contributed by atoms with Crippen molar-refractivity contribution in [3.05, 3.63) is 64.7 Å². The van der Waals surface area contributed by atoms with E-state index in [-0.39, 0.29) is 30.7 Å². The van der Waals surface area contributed by atoms with Crippen LogP contribution < -0.4 is 16.4 Å². The van der Waals surface area contributed by atoms with Crippen molar-refractivity contribution in [2.75, 3.05) is 5.32 Å². The number of nitrogens with one attached hydrogen (secondary N) is 1. The van der Waals surface area contributed by atoms with Crippen molar-refractivity contribution in [3.63, 3.8) is 0 Å². The number of benzene rings is 2. The van der Waals surface area contributed by atoms with E-state index in [9.17, 15) is 19.2 Å². The van der Waals surface area contributed by atoms with Crippen molar-refractivity contribution in [1.29, 1.82) is 0 Å². The van der Waals surface area contributed by atoms with E-state index < -0.39 is 29.3 Å². The zero-order chi connectivity index (χ0) is 22.8. The first-order chi connectivity index (χ1) is 15.3. The topological polar surface area (TPSA) is 126 Å². The molecule has 8 nitrogen and oxygen atoms in total. The molecule has 2 aromatic rings. The number of fused-ring (bicyclic) bond motifs is 4. The number of quaternary nitrogens is 1. The fourth-order valence-electron chi connectivity index (χ4n) is 5.68. The summed E-state index contributed by atoms with van der Waals surface area (Å²) in [6.45, 7) is 4.01. The Hall–Kier alpha value is -3.52. The number of aryl methyl sites for hydroxylation is 1. The largest absolute Gasteiger partial charge is 0.369 e. The summed E-state index contributed by atoms with van der Waals surface area (Å²) in [6.07, 6.45) is -0.0887. The third-order valence-electron chi connectivity index (χ3n) is 7.29. The molecule has 0 saturated carbocycles. The van der Waals surface area contributed by atoms with E-state index in [2.05, 4.69) is 5.32 Å². The highest BCUT2D eigenvalue weighted by molar-refractivity contribution is 6.14. The van der Waals surface area contributed by atoms with Gasteiger partial charge in [-0.3, -0.25) is 24.1 Å². The number of hydrogen-bond donors (Lipinski definition) is 3. The van der Waals surface area contributed by atoms with Crippen LogP contribution in [0.2, 0.25) is 0 Å². The first-order valence-electron chi connectivity index (χ1n) is 10.7. The molecule has 0 aliphatic carbocycles. The maximum atomic E-state index is 13.7. The van der Waals surface area contributed by atoms with E-state index >= 15 is 0 Å². The number of rotatable bonds is 4. The molecule has 0 aromatic heterocycles. The van der Waals surface area contributed by atoms with Gasteiger partial charge >= 0.3 is 0 Å². The molecular weight excluding hydrogens is 408 g/mol.